The molecule has 2 rings (SSSR count). The summed E-state index contributed by atoms with van der Waals surface area (Å²) in [5.74, 6) is 0. The van der Waals surface area contributed by atoms with Gasteiger partial charge < -0.3 is 20.6 Å². The van der Waals surface area contributed by atoms with Gasteiger partial charge in [0.15, 0.2) is 0 Å². The normalized spacial score (nSPS) is 31.5. The van der Waals surface area contributed by atoms with Gasteiger partial charge in [-0.3, -0.25) is 0 Å². The molecular formula is C14H19NO3. The fraction of sp³-hybridized carbons (Fsp3) is 0.429. The molecule has 0 saturated carbocycles. The zero-order chi connectivity index (χ0) is 13.0. The standard InChI is InChI=1S/C14H19NO3/c16-12-7-6-11(13(17)14(12)18)15-9-8-10-4-2-1-3-5-10/h1-7,11-18H,8-9H2/t11-,12+,13+,14+/m0/s1. The molecule has 1 aromatic carbocycles. The summed E-state index contributed by atoms with van der Waals surface area (Å²) >= 11 is 0. The van der Waals surface area contributed by atoms with E-state index >= 15 is 0 Å². The van der Waals surface area contributed by atoms with E-state index in [1.807, 2.05) is 30.3 Å². The Hall–Kier alpha value is -1.20. The van der Waals surface area contributed by atoms with Crippen LogP contribution in [0.4, 0.5) is 0 Å². The monoisotopic (exact) mass is 249 g/mol. The van der Waals surface area contributed by atoms with Crippen LogP contribution in [-0.4, -0.2) is 46.2 Å². The number of nitrogens with one attached hydrogen (secondary N) is 1. The predicted molar refractivity (Wildman–Crippen MR) is 69.1 cm³/mol. The first kappa shape index (κ1) is 13.2. The number of hydrogen-bond donors (Lipinski definition) is 4. The van der Waals surface area contributed by atoms with Crippen molar-refractivity contribution in [1.29, 1.82) is 0 Å². The Morgan fingerprint density at radius 3 is 2.39 bits per heavy atom. The van der Waals surface area contributed by atoms with E-state index in [-0.39, 0.29) is 6.04 Å². The summed E-state index contributed by atoms with van der Waals surface area (Å²) in [6, 6.07) is 9.74. The molecule has 0 fully saturated rings. The molecule has 4 nitrogen and oxygen atoms in total. The fourth-order valence-corrected chi connectivity index (χ4v) is 2.09. The maximum absolute atomic E-state index is 9.78. The maximum Gasteiger partial charge on any atom is 0.111 e. The van der Waals surface area contributed by atoms with Crippen LogP contribution in [0.25, 0.3) is 0 Å². The van der Waals surface area contributed by atoms with Gasteiger partial charge in [-0.1, -0.05) is 42.5 Å². The highest BCUT2D eigenvalue weighted by Gasteiger charge is 2.32. The summed E-state index contributed by atoms with van der Waals surface area (Å²) in [4.78, 5) is 0. The summed E-state index contributed by atoms with van der Waals surface area (Å²) in [6.45, 7) is 0.707. The summed E-state index contributed by atoms with van der Waals surface area (Å²) in [6.07, 6.45) is 0.999. The minimum absolute atomic E-state index is 0.313. The Morgan fingerprint density at radius 2 is 1.67 bits per heavy atom. The van der Waals surface area contributed by atoms with Crippen molar-refractivity contribution in [3.63, 3.8) is 0 Å². The van der Waals surface area contributed by atoms with Crippen LogP contribution in [0.5, 0.6) is 0 Å². The van der Waals surface area contributed by atoms with Gasteiger partial charge in [-0.15, -0.1) is 0 Å². The Balaban J connectivity index is 1.82. The van der Waals surface area contributed by atoms with Crippen LogP contribution in [0.1, 0.15) is 5.56 Å². The number of aliphatic hydroxyl groups excluding tert-OH is 3. The second kappa shape index (κ2) is 6.11. The first-order chi connectivity index (χ1) is 8.68. The summed E-state index contributed by atoms with van der Waals surface area (Å²) < 4.78 is 0. The molecule has 0 unspecified atom stereocenters. The Bertz CT molecular complexity index is 393. The summed E-state index contributed by atoms with van der Waals surface area (Å²) in [5.41, 5.74) is 1.22. The van der Waals surface area contributed by atoms with E-state index in [9.17, 15) is 15.3 Å². The van der Waals surface area contributed by atoms with Crippen molar-refractivity contribution in [3.8, 4) is 0 Å². The van der Waals surface area contributed by atoms with Gasteiger partial charge in [-0.2, -0.15) is 0 Å². The summed E-state index contributed by atoms with van der Waals surface area (Å²) in [5, 5.41) is 31.8. The molecule has 1 aliphatic rings. The second-order valence-electron chi connectivity index (χ2n) is 4.57. The molecule has 1 aliphatic carbocycles. The van der Waals surface area contributed by atoms with Crippen LogP contribution in [0.15, 0.2) is 42.5 Å². The zero-order valence-electron chi connectivity index (χ0n) is 10.1. The molecule has 4 heteroatoms. The van der Waals surface area contributed by atoms with Gasteiger partial charge >= 0.3 is 0 Å². The zero-order valence-corrected chi connectivity index (χ0v) is 10.1. The molecule has 0 heterocycles. The Kier molecular flexibility index (Phi) is 4.49. The lowest BCUT2D eigenvalue weighted by molar-refractivity contribution is -0.0564. The summed E-state index contributed by atoms with van der Waals surface area (Å²) in [7, 11) is 0. The molecule has 0 radical (unpaired) electrons. The number of rotatable bonds is 4. The third kappa shape index (κ3) is 3.17. The minimum Gasteiger partial charge on any atom is -0.388 e. The molecular weight excluding hydrogens is 230 g/mol. The molecule has 0 aliphatic heterocycles. The van der Waals surface area contributed by atoms with E-state index < -0.39 is 18.3 Å². The SMILES string of the molecule is O[C@H]1[C@H](O)[C@@H](NCCc2ccccc2)C=C[C@H]1O. The van der Waals surface area contributed by atoms with Gasteiger partial charge in [0, 0.05) is 0 Å². The van der Waals surface area contributed by atoms with Crippen molar-refractivity contribution in [1.82, 2.24) is 5.32 Å². The number of hydrogen-bond acceptors (Lipinski definition) is 4. The lowest BCUT2D eigenvalue weighted by Crippen LogP contribution is -2.52. The highest BCUT2D eigenvalue weighted by molar-refractivity contribution is 5.15. The van der Waals surface area contributed by atoms with Crippen molar-refractivity contribution >= 4 is 0 Å². The van der Waals surface area contributed by atoms with Gasteiger partial charge in [-0.25, -0.2) is 0 Å². The van der Waals surface area contributed by atoms with Crippen LogP contribution in [0.2, 0.25) is 0 Å². The topological polar surface area (TPSA) is 72.7 Å². The smallest absolute Gasteiger partial charge is 0.111 e. The Labute approximate surface area is 107 Å². The van der Waals surface area contributed by atoms with Gasteiger partial charge in [0.2, 0.25) is 0 Å². The van der Waals surface area contributed by atoms with Gasteiger partial charge in [0.05, 0.1) is 6.04 Å². The molecule has 1 aromatic rings. The van der Waals surface area contributed by atoms with Crippen molar-refractivity contribution in [2.75, 3.05) is 6.54 Å². The van der Waals surface area contributed by atoms with Gasteiger partial charge in [0.25, 0.3) is 0 Å². The van der Waals surface area contributed by atoms with E-state index in [1.54, 1.807) is 6.08 Å². The minimum atomic E-state index is -1.12. The van der Waals surface area contributed by atoms with Gasteiger partial charge in [0.1, 0.15) is 18.3 Å². The maximum atomic E-state index is 9.78. The first-order valence-corrected chi connectivity index (χ1v) is 6.18. The van der Waals surface area contributed by atoms with E-state index in [2.05, 4.69) is 5.32 Å². The van der Waals surface area contributed by atoms with Crippen LogP contribution in [-0.2, 0) is 6.42 Å². The molecule has 0 amide bonds. The third-order valence-corrected chi connectivity index (χ3v) is 3.22. The van der Waals surface area contributed by atoms with Crippen molar-refractivity contribution in [2.24, 2.45) is 0 Å². The highest BCUT2D eigenvalue weighted by Crippen LogP contribution is 2.13. The lowest BCUT2D eigenvalue weighted by Gasteiger charge is -2.31. The van der Waals surface area contributed by atoms with Crippen molar-refractivity contribution in [2.45, 2.75) is 30.8 Å². The molecule has 18 heavy (non-hydrogen) atoms. The molecule has 0 saturated heterocycles. The quantitative estimate of drug-likeness (QED) is 0.560. The first-order valence-electron chi connectivity index (χ1n) is 6.18. The van der Waals surface area contributed by atoms with Crippen molar-refractivity contribution < 1.29 is 15.3 Å². The second-order valence-corrected chi connectivity index (χ2v) is 4.57. The molecule has 4 atom stereocenters. The molecule has 4 N–H and O–H groups in total. The molecule has 0 aromatic heterocycles. The molecule has 0 bridgehead atoms. The van der Waals surface area contributed by atoms with E-state index in [1.165, 1.54) is 11.6 Å². The van der Waals surface area contributed by atoms with E-state index in [0.717, 1.165) is 6.42 Å². The lowest BCUT2D eigenvalue weighted by atomic mass is 9.94. The molecule has 0 spiro atoms. The average molecular weight is 249 g/mol. The van der Waals surface area contributed by atoms with E-state index in [0.29, 0.717) is 6.54 Å². The number of benzene rings is 1. The van der Waals surface area contributed by atoms with Crippen LogP contribution < -0.4 is 5.32 Å². The van der Waals surface area contributed by atoms with E-state index in [4.69, 9.17) is 0 Å². The highest BCUT2D eigenvalue weighted by atomic mass is 16.4. The van der Waals surface area contributed by atoms with Crippen LogP contribution in [0.3, 0.4) is 0 Å². The predicted octanol–water partition coefficient (Wildman–Crippen LogP) is -0.160. The van der Waals surface area contributed by atoms with Crippen LogP contribution >= 0.6 is 0 Å². The average Bonchev–Trinajstić information content (AvgIpc) is 2.40. The largest absolute Gasteiger partial charge is 0.388 e. The Morgan fingerprint density at radius 1 is 0.944 bits per heavy atom. The third-order valence-electron chi connectivity index (χ3n) is 3.22. The van der Waals surface area contributed by atoms with Crippen LogP contribution in [0, 0.1) is 0 Å². The van der Waals surface area contributed by atoms with Gasteiger partial charge in [-0.05, 0) is 18.5 Å². The molecule has 98 valence electrons. The number of aliphatic hydroxyl groups is 3. The fourth-order valence-electron chi connectivity index (χ4n) is 2.09. The van der Waals surface area contributed by atoms with Crippen molar-refractivity contribution in [3.05, 3.63) is 48.0 Å².